The lowest BCUT2D eigenvalue weighted by Crippen LogP contribution is -2.27. The summed E-state index contributed by atoms with van der Waals surface area (Å²) >= 11 is 0. The molecule has 1 aromatic rings. The minimum absolute atomic E-state index is 0.184. The van der Waals surface area contributed by atoms with Gasteiger partial charge >= 0.3 is 0 Å². The first kappa shape index (κ1) is 9.25. The number of nitrogens with one attached hydrogen (secondary N) is 1. The van der Waals surface area contributed by atoms with Gasteiger partial charge in [-0.3, -0.25) is 4.79 Å². The summed E-state index contributed by atoms with van der Waals surface area (Å²) in [6.07, 6.45) is 1.92. The first-order valence-corrected chi connectivity index (χ1v) is 5.10. The molecule has 0 bridgehead atoms. The molecule has 0 unspecified atom stereocenters. The van der Waals surface area contributed by atoms with Crippen molar-refractivity contribution in [2.24, 2.45) is 5.92 Å². The van der Waals surface area contributed by atoms with Gasteiger partial charge in [0.2, 0.25) is 5.91 Å². The lowest BCUT2D eigenvalue weighted by atomic mass is 10.0. The highest BCUT2D eigenvalue weighted by Gasteiger charge is 2.27. The molecule has 74 valence electrons. The van der Waals surface area contributed by atoms with Crippen LogP contribution in [0.25, 0.3) is 0 Å². The summed E-state index contributed by atoms with van der Waals surface area (Å²) in [7, 11) is 0. The maximum Gasteiger partial charge on any atom is 0.223 e. The average molecular weight is 189 g/mol. The second kappa shape index (κ2) is 3.82. The van der Waals surface area contributed by atoms with E-state index in [9.17, 15) is 4.79 Å². The van der Waals surface area contributed by atoms with Crippen LogP contribution in [0.15, 0.2) is 30.3 Å². The van der Waals surface area contributed by atoms with E-state index in [4.69, 9.17) is 0 Å². The molecule has 0 spiro atoms. The monoisotopic (exact) mass is 189 g/mol. The zero-order chi connectivity index (χ0) is 9.97. The van der Waals surface area contributed by atoms with Gasteiger partial charge in [0.25, 0.3) is 0 Å². The first-order chi connectivity index (χ1) is 6.75. The van der Waals surface area contributed by atoms with Gasteiger partial charge in [-0.1, -0.05) is 37.3 Å². The van der Waals surface area contributed by atoms with Gasteiger partial charge in [0.1, 0.15) is 0 Å². The second-order valence-corrected chi connectivity index (χ2v) is 4.03. The van der Waals surface area contributed by atoms with E-state index in [0.29, 0.717) is 6.04 Å². The second-order valence-electron chi connectivity index (χ2n) is 4.03. The van der Waals surface area contributed by atoms with Gasteiger partial charge in [0.05, 0.1) is 0 Å². The SMILES string of the molecule is C[C@@H]1C[C@H](Cc2ccccc2)NC1=O. The zero-order valence-electron chi connectivity index (χ0n) is 8.36. The Morgan fingerprint density at radius 3 is 2.64 bits per heavy atom. The number of hydrogen-bond donors (Lipinski definition) is 1. The Morgan fingerprint density at radius 1 is 1.36 bits per heavy atom. The van der Waals surface area contributed by atoms with Gasteiger partial charge in [0.15, 0.2) is 0 Å². The third-order valence-electron chi connectivity index (χ3n) is 2.76. The van der Waals surface area contributed by atoms with Crippen molar-refractivity contribution in [2.45, 2.75) is 25.8 Å². The van der Waals surface area contributed by atoms with E-state index in [2.05, 4.69) is 17.4 Å². The molecule has 0 radical (unpaired) electrons. The molecule has 1 heterocycles. The summed E-state index contributed by atoms with van der Waals surface area (Å²) in [5, 5.41) is 3.01. The molecule has 0 saturated carbocycles. The van der Waals surface area contributed by atoms with Crippen LogP contribution in [0.3, 0.4) is 0 Å². The average Bonchev–Trinajstić information content (AvgIpc) is 2.47. The molecule has 1 saturated heterocycles. The minimum atomic E-state index is 0.184. The Labute approximate surface area is 84.3 Å². The molecule has 1 N–H and O–H groups in total. The summed E-state index contributed by atoms with van der Waals surface area (Å²) in [6, 6.07) is 10.6. The summed E-state index contributed by atoms with van der Waals surface area (Å²) in [5.74, 6) is 0.384. The van der Waals surface area contributed by atoms with Gasteiger partial charge in [-0.05, 0) is 18.4 Å². The van der Waals surface area contributed by atoms with Crippen molar-refractivity contribution in [2.75, 3.05) is 0 Å². The Morgan fingerprint density at radius 2 is 2.07 bits per heavy atom. The molecule has 0 aliphatic carbocycles. The number of hydrogen-bond acceptors (Lipinski definition) is 1. The molecule has 2 nitrogen and oxygen atoms in total. The molecule has 1 fully saturated rings. The quantitative estimate of drug-likeness (QED) is 0.754. The van der Waals surface area contributed by atoms with E-state index < -0.39 is 0 Å². The standard InChI is InChI=1S/C12H15NO/c1-9-7-11(13-12(9)14)8-10-5-3-2-4-6-10/h2-6,9,11H,7-8H2,1H3,(H,13,14)/t9-,11-/m1/s1. The largest absolute Gasteiger partial charge is 0.353 e. The van der Waals surface area contributed by atoms with Gasteiger partial charge in [-0.25, -0.2) is 0 Å². The topological polar surface area (TPSA) is 29.1 Å². The van der Waals surface area contributed by atoms with Gasteiger partial charge in [-0.2, -0.15) is 0 Å². The van der Waals surface area contributed by atoms with Crippen LogP contribution in [0, 0.1) is 5.92 Å². The Bertz CT molecular complexity index is 320. The van der Waals surface area contributed by atoms with E-state index in [1.165, 1.54) is 5.56 Å². The maximum absolute atomic E-state index is 11.3. The van der Waals surface area contributed by atoms with Crippen molar-refractivity contribution >= 4 is 5.91 Å². The van der Waals surface area contributed by atoms with Gasteiger partial charge < -0.3 is 5.32 Å². The predicted octanol–water partition coefficient (Wildman–Crippen LogP) is 1.75. The van der Waals surface area contributed by atoms with Crippen LogP contribution < -0.4 is 5.32 Å². The van der Waals surface area contributed by atoms with E-state index in [-0.39, 0.29) is 11.8 Å². The molecule has 2 rings (SSSR count). The number of benzene rings is 1. The molecule has 14 heavy (non-hydrogen) atoms. The molecule has 2 atom stereocenters. The number of amides is 1. The van der Waals surface area contributed by atoms with Gasteiger partial charge in [-0.15, -0.1) is 0 Å². The fourth-order valence-electron chi connectivity index (χ4n) is 1.97. The van der Waals surface area contributed by atoms with Crippen molar-refractivity contribution in [1.29, 1.82) is 0 Å². The smallest absolute Gasteiger partial charge is 0.223 e. The van der Waals surface area contributed by atoms with Crippen LogP contribution in [0.2, 0.25) is 0 Å². The number of rotatable bonds is 2. The third kappa shape index (κ3) is 1.95. The fourth-order valence-corrected chi connectivity index (χ4v) is 1.97. The van der Waals surface area contributed by atoms with E-state index >= 15 is 0 Å². The van der Waals surface area contributed by atoms with Crippen molar-refractivity contribution in [3.63, 3.8) is 0 Å². The van der Waals surface area contributed by atoms with Crippen LogP contribution in [0.1, 0.15) is 18.9 Å². The molecule has 2 heteroatoms. The molecular formula is C12H15NO. The van der Waals surface area contributed by atoms with Crippen molar-refractivity contribution < 1.29 is 4.79 Å². The Kier molecular flexibility index (Phi) is 2.53. The molecular weight excluding hydrogens is 174 g/mol. The predicted molar refractivity (Wildman–Crippen MR) is 55.9 cm³/mol. The summed E-state index contributed by atoms with van der Waals surface area (Å²) in [5.41, 5.74) is 1.30. The number of carbonyl (C=O) groups excluding carboxylic acids is 1. The summed E-state index contributed by atoms with van der Waals surface area (Å²) in [4.78, 5) is 11.3. The normalized spacial score (nSPS) is 26.2. The van der Waals surface area contributed by atoms with Gasteiger partial charge in [0, 0.05) is 12.0 Å². The molecule has 1 aliphatic rings. The van der Waals surface area contributed by atoms with Crippen LogP contribution in [0.5, 0.6) is 0 Å². The summed E-state index contributed by atoms with van der Waals surface area (Å²) < 4.78 is 0. The van der Waals surface area contributed by atoms with Crippen molar-refractivity contribution in [3.8, 4) is 0 Å². The highest BCUT2D eigenvalue weighted by molar-refractivity contribution is 5.80. The minimum Gasteiger partial charge on any atom is -0.353 e. The van der Waals surface area contributed by atoms with Crippen molar-refractivity contribution in [1.82, 2.24) is 5.32 Å². The fraction of sp³-hybridized carbons (Fsp3) is 0.417. The summed E-state index contributed by atoms with van der Waals surface area (Å²) in [6.45, 7) is 1.99. The lowest BCUT2D eigenvalue weighted by molar-refractivity contribution is -0.122. The third-order valence-corrected chi connectivity index (χ3v) is 2.76. The highest BCUT2D eigenvalue weighted by atomic mass is 16.2. The lowest BCUT2D eigenvalue weighted by Gasteiger charge is -2.09. The first-order valence-electron chi connectivity index (χ1n) is 5.10. The van der Waals surface area contributed by atoms with Crippen molar-refractivity contribution in [3.05, 3.63) is 35.9 Å². The molecule has 0 aromatic heterocycles. The van der Waals surface area contributed by atoms with E-state index in [0.717, 1.165) is 12.8 Å². The highest BCUT2D eigenvalue weighted by Crippen LogP contribution is 2.17. The van der Waals surface area contributed by atoms with Crippen LogP contribution in [-0.4, -0.2) is 11.9 Å². The molecule has 1 amide bonds. The Balaban J connectivity index is 1.97. The van der Waals surface area contributed by atoms with Crippen LogP contribution >= 0.6 is 0 Å². The number of carbonyl (C=O) groups is 1. The molecule has 1 aliphatic heterocycles. The van der Waals surface area contributed by atoms with Crippen LogP contribution in [-0.2, 0) is 11.2 Å². The maximum atomic E-state index is 11.3. The molecule has 1 aromatic carbocycles. The van der Waals surface area contributed by atoms with Crippen LogP contribution in [0.4, 0.5) is 0 Å². The zero-order valence-corrected chi connectivity index (χ0v) is 8.36. The Hall–Kier alpha value is -1.31. The van der Waals surface area contributed by atoms with E-state index in [1.54, 1.807) is 0 Å². The van der Waals surface area contributed by atoms with E-state index in [1.807, 2.05) is 25.1 Å².